The fourth-order valence-corrected chi connectivity index (χ4v) is 9.05. The Morgan fingerprint density at radius 3 is 1.43 bits per heavy atom. The van der Waals surface area contributed by atoms with Crippen LogP contribution in [0.4, 0.5) is 5.69 Å². The van der Waals surface area contributed by atoms with E-state index in [1.807, 2.05) is 0 Å². The molecule has 49 heavy (non-hydrogen) atoms. The number of rotatable bonds is 4. The summed E-state index contributed by atoms with van der Waals surface area (Å²) in [5.41, 5.74) is 11.7. The molecule has 0 N–H and O–H groups in total. The molecule has 0 aromatic heterocycles. The number of fused-ring (bicyclic) bond motifs is 4. The molecule has 1 aliphatic heterocycles. The van der Waals surface area contributed by atoms with Crippen LogP contribution in [0.1, 0.15) is 22.3 Å². The summed E-state index contributed by atoms with van der Waals surface area (Å²) in [5.74, 6) is 0. The Hall–Kier alpha value is -5.70. The van der Waals surface area contributed by atoms with Crippen molar-refractivity contribution in [2.24, 2.45) is 0 Å². The molecule has 0 unspecified atom stereocenters. The van der Waals surface area contributed by atoms with E-state index in [2.05, 4.69) is 197 Å². The number of hydrogen-bond acceptors (Lipinski definition) is 0. The van der Waals surface area contributed by atoms with Crippen molar-refractivity contribution in [2.45, 2.75) is 6.92 Å². The first kappa shape index (κ1) is 29.4. The number of para-hydroxylation sites is 1. The summed E-state index contributed by atoms with van der Waals surface area (Å²) in [4.78, 5) is 0. The Balaban J connectivity index is 1.54. The molecule has 234 valence electrons. The van der Waals surface area contributed by atoms with Crippen LogP contribution in [-0.2, 0) is 0 Å². The molecule has 0 bridgehead atoms. The van der Waals surface area contributed by atoms with Crippen molar-refractivity contribution < 1.29 is 0 Å². The molecule has 1 heterocycles. The third-order valence-corrected chi connectivity index (χ3v) is 11.4. The van der Waals surface area contributed by atoms with Gasteiger partial charge in [-0.05, 0) is 68.6 Å². The summed E-state index contributed by atoms with van der Waals surface area (Å²) in [6.45, 7) is 2.18. The van der Waals surface area contributed by atoms with Crippen LogP contribution in [-0.4, -0.2) is 20.4 Å². The zero-order valence-electron chi connectivity index (χ0n) is 28.3. The van der Waals surface area contributed by atoms with Gasteiger partial charge in [0.05, 0.1) is 5.69 Å². The lowest BCUT2D eigenvalue weighted by molar-refractivity contribution is 0.610. The van der Waals surface area contributed by atoms with Crippen molar-refractivity contribution >= 4 is 66.3 Å². The van der Waals surface area contributed by atoms with Gasteiger partial charge in [-0.3, -0.25) is 0 Å². The van der Waals surface area contributed by atoms with Crippen LogP contribution in [0.2, 0.25) is 0 Å². The van der Waals surface area contributed by atoms with Gasteiger partial charge < -0.3 is 4.39 Å². The molecule has 2 heteroatoms. The topological polar surface area (TPSA) is 0 Å². The minimum absolute atomic E-state index is 0.671. The lowest BCUT2D eigenvalue weighted by atomic mass is 9.19. The normalized spacial score (nSPS) is 15.1. The second-order valence-electron chi connectivity index (χ2n) is 14.3. The van der Waals surface area contributed by atoms with Crippen molar-refractivity contribution in [3.05, 3.63) is 198 Å². The third kappa shape index (κ3) is 4.45. The molecular weight excluding hydrogens is 589 g/mol. The van der Waals surface area contributed by atoms with Gasteiger partial charge in [0, 0.05) is 19.7 Å². The van der Waals surface area contributed by atoms with Crippen molar-refractivity contribution in [1.29, 1.82) is 0 Å². The highest BCUT2D eigenvalue weighted by Gasteiger charge is 2.53. The standard InChI is InChI=1S/C47H38BN/c1-33-20-22-37(23-21-33)46-44-18-10-11-19-45(44)49(2,3)48(42-28-26-35-13-5-8-16-39(35)31-42,43-29-27-36-14-6-9-17-40(36)32-43)47(46)41-25-24-34-12-4-7-15-38(34)30-41/h4-32H,1-3H3. The molecule has 8 aromatic carbocycles. The van der Waals surface area contributed by atoms with E-state index in [0.717, 1.165) is 0 Å². The van der Waals surface area contributed by atoms with Gasteiger partial charge in [-0.15, -0.1) is 16.4 Å². The van der Waals surface area contributed by atoms with Crippen LogP contribution in [0.25, 0.3) is 43.4 Å². The molecular formula is C47H38BN. The highest BCUT2D eigenvalue weighted by atomic mass is 15.3. The zero-order valence-corrected chi connectivity index (χ0v) is 28.3. The summed E-state index contributed by atoms with van der Waals surface area (Å²) in [7, 11) is 4.88. The van der Waals surface area contributed by atoms with Crippen LogP contribution in [0.15, 0.2) is 176 Å². The molecule has 0 atom stereocenters. The fraction of sp³-hybridized carbons (Fsp3) is 0.0638. The maximum Gasteiger partial charge on any atom is 0.296 e. The molecule has 0 fully saturated rings. The number of hydrogen-bond donors (Lipinski definition) is 0. The second-order valence-corrected chi connectivity index (χ2v) is 14.3. The van der Waals surface area contributed by atoms with Crippen molar-refractivity contribution in [3.8, 4) is 0 Å². The van der Waals surface area contributed by atoms with Crippen LogP contribution in [0, 0.1) is 6.92 Å². The van der Waals surface area contributed by atoms with Crippen LogP contribution < -0.4 is 15.3 Å². The van der Waals surface area contributed by atoms with Gasteiger partial charge in [-0.1, -0.05) is 169 Å². The number of quaternary nitrogens is 1. The first-order valence-electron chi connectivity index (χ1n) is 17.3. The largest absolute Gasteiger partial charge is 0.474 e. The molecule has 0 spiro atoms. The predicted molar refractivity (Wildman–Crippen MR) is 214 cm³/mol. The van der Waals surface area contributed by atoms with Gasteiger partial charge in [-0.2, -0.15) is 0 Å². The predicted octanol–water partition coefficient (Wildman–Crippen LogP) is 10.3. The molecule has 0 aliphatic carbocycles. The average Bonchev–Trinajstić information content (AvgIpc) is 3.14. The summed E-state index contributed by atoms with van der Waals surface area (Å²) < 4.78 is 0.671. The van der Waals surface area contributed by atoms with Crippen LogP contribution in [0.3, 0.4) is 0 Å². The molecule has 1 aliphatic rings. The monoisotopic (exact) mass is 627 g/mol. The minimum atomic E-state index is -1.72. The Morgan fingerprint density at radius 1 is 0.408 bits per heavy atom. The zero-order chi connectivity index (χ0) is 33.2. The lowest BCUT2D eigenvalue weighted by Gasteiger charge is -2.61. The summed E-state index contributed by atoms with van der Waals surface area (Å²) in [6, 6.07) is 66.2. The number of benzene rings is 8. The third-order valence-electron chi connectivity index (χ3n) is 11.4. The van der Waals surface area contributed by atoms with Gasteiger partial charge in [0.1, 0.15) is 0 Å². The molecule has 0 amide bonds. The molecule has 0 saturated carbocycles. The summed E-state index contributed by atoms with van der Waals surface area (Å²) in [6.07, 6.45) is -1.72. The van der Waals surface area contributed by atoms with E-state index >= 15 is 0 Å². The Kier molecular flexibility index (Phi) is 6.73. The Bertz CT molecular complexity index is 2510. The van der Waals surface area contributed by atoms with E-state index in [9.17, 15) is 0 Å². The average molecular weight is 628 g/mol. The Labute approximate surface area is 288 Å². The van der Waals surface area contributed by atoms with Crippen LogP contribution >= 0.6 is 0 Å². The van der Waals surface area contributed by atoms with Crippen molar-refractivity contribution in [1.82, 2.24) is 4.39 Å². The van der Waals surface area contributed by atoms with Gasteiger partial charge in [-0.25, -0.2) is 0 Å². The van der Waals surface area contributed by atoms with Crippen LogP contribution in [0.5, 0.6) is 0 Å². The highest BCUT2D eigenvalue weighted by Crippen LogP contribution is 2.51. The van der Waals surface area contributed by atoms with Gasteiger partial charge in [0.15, 0.2) is 0 Å². The quantitative estimate of drug-likeness (QED) is 0.170. The second kappa shape index (κ2) is 11.2. The van der Waals surface area contributed by atoms with E-state index in [1.165, 1.54) is 82.2 Å². The minimum Gasteiger partial charge on any atom is -0.474 e. The van der Waals surface area contributed by atoms with Crippen molar-refractivity contribution in [3.63, 3.8) is 0 Å². The molecule has 8 aromatic rings. The fourth-order valence-electron chi connectivity index (χ4n) is 9.05. The smallest absolute Gasteiger partial charge is 0.296 e. The van der Waals surface area contributed by atoms with E-state index in [-0.39, 0.29) is 0 Å². The molecule has 0 saturated heterocycles. The first-order valence-corrected chi connectivity index (χ1v) is 17.3. The Morgan fingerprint density at radius 2 is 0.857 bits per heavy atom. The van der Waals surface area contributed by atoms with Gasteiger partial charge in [0.2, 0.25) is 0 Å². The maximum absolute atomic E-state index is 2.48. The first-order chi connectivity index (χ1) is 23.9. The van der Waals surface area contributed by atoms with Gasteiger partial charge in [0.25, 0.3) is 6.28 Å². The van der Waals surface area contributed by atoms with Crippen molar-refractivity contribution in [2.75, 3.05) is 14.1 Å². The van der Waals surface area contributed by atoms with Gasteiger partial charge >= 0.3 is 0 Å². The lowest BCUT2D eigenvalue weighted by Crippen LogP contribution is -2.80. The summed E-state index contributed by atoms with van der Waals surface area (Å²) >= 11 is 0. The van der Waals surface area contributed by atoms with E-state index in [4.69, 9.17) is 0 Å². The van der Waals surface area contributed by atoms with E-state index in [0.29, 0.717) is 4.39 Å². The molecule has 1 nitrogen and oxygen atoms in total. The van der Waals surface area contributed by atoms with E-state index in [1.54, 1.807) is 0 Å². The molecule has 0 radical (unpaired) electrons. The highest BCUT2D eigenvalue weighted by molar-refractivity contribution is 7.16. The maximum atomic E-state index is 2.48. The summed E-state index contributed by atoms with van der Waals surface area (Å²) in [5, 5.41) is 7.54. The molecule has 9 rings (SSSR count). The number of nitrogens with zero attached hydrogens (tertiary/aromatic N) is 1. The number of aryl methyl sites for hydroxylation is 1. The van der Waals surface area contributed by atoms with E-state index < -0.39 is 6.28 Å². The SMILES string of the molecule is Cc1ccc(C2=C(c3ccc4ccccc4c3)[B-](c3ccc4ccccc4c3)(c3ccc4ccccc4c3)[N+](C)(C)c3ccccc32)cc1.